The minimum absolute atomic E-state index is 0.0522. The molecule has 4 atom stereocenters. The Morgan fingerprint density at radius 2 is 1.64 bits per heavy atom. The summed E-state index contributed by atoms with van der Waals surface area (Å²) in [6.45, 7) is 13.6. The molecule has 28 heavy (non-hydrogen) atoms. The molecule has 0 heterocycles. The molecule has 1 saturated carbocycles. The van der Waals surface area contributed by atoms with Crippen LogP contribution in [0, 0.1) is 29.6 Å². The third-order valence-electron chi connectivity index (χ3n) is 5.92. The first kappa shape index (κ1) is 24.7. The largest absolute Gasteiger partial charge is 0.463 e. The molecule has 0 bridgehead atoms. The van der Waals surface area contributed by atoms with Crippen molar-refractivity contribution in [2.24, 2.45) is 29.6 Å². The highest BCUT2D eigenvalue weighted by Crippen LogP contribution is 2.35. The quantitative estimate of drug-likeness (QED) is 0.321. The van der Waals surface area contributed by atoms with Gasteiger partial charge >= 0.3 is 11.9 Å². The molecule has 0 saturated heterocycles. The minimum Gasteiger partial charge on any atom is -0.463 e. The molecule has 1 rings (SSSR count). The highest BCUT2D eigenvalue weighted by molar-refractivity contribution is 5.91. The Kier molecular flexibility index (Phi) is 11.5. The van der Waals surface area contributed by atoms with Gasteiger partial charge in [-0.25, -0.2) is 9.59 Å². The van der Waals surface area contributed by atoms with E-state index in [-0.39, 0.29) is 6.10 Å². The molecule has 162 valence electrons. The van der Waals surface area contributed by atoms with Crippen molar-refractivity contribution in [2.45, 2.75) is 92.6 Å². The first-order chi connectivity index (χ1) is 13.2. The smallest absolute Gasteiger partial charge is 0.331 e. The van der Waals surface area contributed by atoms with Crippen LogP contribution in [-0.2, 0) is 19.1 Å². The monoisotopic (exact) mass is 394 g/mol. The first-order valence-corrected chi connectivity index (χ1v) is 11.2. The zero-order valence-corrected chi connectivity index (χ0v) is 18.9. The number of hydrogen-bond donors (Lipinski definition) is 0. The van der Waals surface area contributed by atoms with E-state index in [1.165, 1.54) is 31.4 Å². The van der Waals surface area contributed by atoms with E-state index in [2.05, 4.69) is 41.5 Å². The lowest BCUT2D eigenvalue weighted by molar-refractivity contribution is -0.150. The Labute approximate surface area is 172 Å². The maximum absolute atomic E-state index is 12.1. The Morgan fingerprint density at radius 3 is 2.29 bits per heavy atom. The number of carbonyl (C=O) groups is 2. The second-order valence-corrected chi connectivity index (χ2v) is 9.52. The van der Waals surface area contributed by atoms with Crippen LogP contribution in [0.25, 0.3) is 0 Å². The molecular weight excluding hydrogens is 352 g/mol. The summed E-state index contributed by atoms with van der Waals surface area (Å²) in [5.41, 5.74) is 0. The van der Waals surface area contributed by atoms with Crippen molar-refractivity contribution >= 4 is 11.9 Å². The average Bonchev–Trinajstić information content (AvgIpc) is 2.59. The number of esters is 2. The van der Waals surface area contributed by atoms with Gasteiger partial charge in [-0.2, -0.15) is 0 Å². The molecular formula is C24H42O4. The summed E-state index contributed by atoms with van der Waals surface area (Å²) in [7, 11) is 0. The van der Waals surface area contributed by atoms with Gasteiger partial charge in [0.1, 0.15) is 6.10 Å². The highest BCUT2D eigenvalue weighted by Gasteiger charge is 2.33. The highest BCUT2D eigenvalue weighted by atomic mass is 16.5. The van der Waals surface area contributed by atoms with Crippen LogP contribution in [0.4, 0.5) is 0 Å². The van der Waals surface area contributed by atoms with Crippen molar-refractivity contribution in [1.29, 1.82) is 0 Å². The number of hydrogen-bond acceptors (Lipinski definition) is 4. The summed E-state index contributed by atoms with van der Waals surface area (Å²) < 4.78 is 10.9. The van der Waals surface area contributed by atoms with Gasteiger partial charge in [0, 0.05) is 12.2 Å². The summed E-state index contributed by atoms with van der Waals surface area (Å²) in [6, 6.07) is 0. The van der Waals surface area contributed by atoms with Gasteiger partial charge in [-0.1, -0.05) is 67.2 Å². The van der Waals surface area contributed by atoms with E-state index in [1.54, 1.807) is 0 Å². The van der Waals surface area contributed by atoms with Gasteiger partial charge in [0.15, 0.2) is 0 Å². The van der Waals surface area contributed by atoms with Crippen molar-refractivity contribution in [2.75, 3.05) is 6.61 Å². The molecule has 0 aliphatic heterocycles. The number of ether oxygens (including phenoxy) is 2. The third kappa shape index (κ3) is 10.3. The SMILES string of the molecule is CC(C)CCCC(C)CCOC(=O)C=CC(=O)OC1CC(C)CCC1C(C)C. The van der Waals surface area contributed by atoms with Crippen LogP contribution >= 0.6 is 0 Å². The first-order valence-electron chi connectivity index (χ1n) is 11.2. The topological polar surface area (TPSA) is 52.6 Å². The average molecular weight is 395 g/mol. The molecule has 1 fully saturated rings. The lowest BCUT2D eigenvalue weighted by Crippen LogP contribution is -2.35. The summed E-state index contributed by atoms with van der Waals surface area (Å²) >= 11 is 0. The molecule has 0 aromatic rings. The van der Waals surface area contributed by atoms with Crippen molar-refractivity contribution in [3.05, 3.63) is 12.2 Å². The molecule has 0 spiro atoms. The van der Waals surface area contributed by atoms with Gasteiger partial charge < -0.3 is 9.47 Å². The molecule has 0 aromatic carbocycles. The fourth-order valence-corrected chi connectivity index (χ4v) is 4.00. The molecule has 0 amide bonds. The maximum Gasteiger partial charge on any atom is 0.331 e. The van der Waals surface area contributed by atoms with E-state index in [4.69, 9.17) is 9.47 Å². The normalized spacial score (nSPS) is 23.9. The van der Waals surface area contributed by atoms with Crippen LogP contribution in [0.1, 0.15) is 86.5 Å². The second-order valence-electron chi connectivity index (χ2n) is 9.52. The van der Waals surface area contributed by atoms with Crippen molar-refractivity contribution in [1.82, 2.24) is 0 Å². The fraction of sp³-hybridized carbons (Fsp3) is 0.833. The van der Waals surface area contributed by atoms with Crippen LogP contribution in [-0.4, -0.2) is 24.6 Å². The molecule has 4 heteroatoms. The van der Waals surface area contributed by atoms with E-state index in [1.807, 2.05) is 0 Å². The van der Waals surface area contributed by atoms with Gasteiger partial charge in [0.05, 0.1) is 6.61 Å². The van der Waals surface area contributed by atoms with Crippen molar-refractivity contribution in [3.63, 3.8) is 0 Å². The Hall–Kier alpha value is -1.32. The molecule has 1 aliphatic rings. The van der Waals surface area contributed by atoms with E-state index >= 15 is 0 Å². The molecule has 0 N–H and O–H groups in total. The van der Waals surface area contributed by atoms with Gasteiger partial charge in [0.25, 0.3) is 0 Å². The predicted octanol–water partition coefficient (Wildman–Crippen LogP) is 5.94. The van der Waals surface area contributed by atoms with E-state index in [0.717, 1.165) is 31.6 Å². The third-order valence-corrected chi connectivity index (χ3v) is 5.92. The van der Waals surface area contributed by atoms with E-state index in [9.17, 15) is 9.59 Å². The van der Waals surface area contributed by atoms with Crippen molar-refractivity contribution in [3.8, 4) is 0 Å². The summed E-state index contributed by atoms with van der Waals surface area (Å²) in [4.78, 5) is 24.0. The fourth-order valence-electron chi connectivity index (χ4n) is 4.00. The lowest BCUT2D eigenvalue weighted by Gasteiger charge is -2.36. The summed E-state index contributed by atoms with van der Waals surface area (Å²) in [5, 5.41) is 0. The minimum atomic E-state index is -0.469. The molecule has 1 aliphatic carbocycles. The Bertz CT molecular complexity index is 495. The number of rotatable bonds is 11. The molecule has 4 unspecified atom stereocenters. The zero-order valence-electron chi connectivity index (χ0n) is 18.9. The van der Waals surface area contributed by atoms with Gasteiger partial charge in [-0.3, -0.25) is 0 Å². The summed E-state index contributed by atoms with van der Waals surface area (Å²) in [6.07, 6.45) is 10.0. The van der Waals surface area contributed by atoms with Gasteiger partial charge in [-0.15, -0.1) is 0 Å². The maximum atomic E-state index is 12.1. The standard InChI is InChI=1S/C24H42O4/c1-17(2)8-7-9-19(5)14-15-27-23(25)12-13-24(26)28-22-16-20(6)10-11-21(22)18(3)4/h12-13,17-22H,7-11,14-16H2,1-6H3. The Morgan fingerprint density at radius 1 is 0.964 bits per heavy atom. The predicted molar refractivity (Wildman–Crippen MR) is 114 cm³/mol. The number of carbonyl (C=O) groups excluding carboxylic acids is 2. The second kappa shape index (κ2) is 13.0. The molecule has 0 radical (unpaired) electrons. The van der Waals surface area contributed by atoms with E-state index < -0.39 is 11.9 Å². The zero-order chi connectivity index (χ0) is 21.1. The van der Waals surface area contributed by atoms with Gasteiger partial charge in [0.2, 0.25) is 0 Å². The van der Waals surface area contributed by atoms with Crippen LogP contribution in [0.5, 0.6) is 0 Å². The van der Waals surface area contributed by atoms with Crippen LogP contribution in [0.15, 0.2) is 12.2 Å². The van der Waals surface area contributed by atoms with E-state index in [0.29, 0.717) is 30.3 Å². The van der Waals surface area contributed by atoms with Gasteiger partial charge in [-0.05, 0) is 48.9 Å². The van der Waals surface area contributed by atoms with Crippen molar-refractivity contribution < 1.29 is 19.1 Å². The lowest BCUT2D eigenvalue weighted by atomic mass is 9.75. The molecule has 4 nitrogen and oxygen atoms in total. The van der Waals surface area contributed by atoms with Crippen LogP contribution in [0.3, 0.4) is 0 Å². The Balaban J connectivity index is 2.30. The van der Waals surface area contributed by atoms with Crippen LogP contribution < -0.4 is 0 Å². The molecule has 0 aromatic heterocycles. The summed E-state index contributed by atoms with van der Waals surface area (Å²) in [5.74, 6) is 1.83. The van der Waals surface area contributed by atoms with Crippen LogP contribution in [0.2, 0.25) is 0 Å².